The SMILES string of the molecule is COc1cc(NC(=O)CN(C)S(=O)(=O)c2cc(Cl)ccc2Cl)c(OC)cc1Cl. The van der Waals surface area contributed by atoms with Crippen molar-refractivity contribution in [3.63, 3.8) is 0 Å². The molecular formula is C17H17Cl3N2O5S. The molecule has 7 nitrogen and oxygen atoms in total. The number of carbonyl (C=O) groups excluding carboxylic acids is 1. The molecule has 2 rings (SSSR count). The first-order valence-corrected chi connectivity index (χ1v) is 10.3. The summed E-state index contributed by atoms with van der Waals surface area (Å²) in [6.07, 6.45) is 0. The quantitative estimate of drug-likeness (QED) is 0.667. The largest absolute Gasteiger partial charge is 0.495 e. The molecule has 0 aromatic heterocycles. The minimum Gasteiger partial charge on any atom is -0.495 e. The van der Waals surface area contributed by atoms with Crippen LogP contribution in [-0.2, 0) is 14.8 Å². The number of hydrogen-bond acceptors (Lipinski definition) is 5. The molecule has 0 fully saturated rings. The molecule has 0 radical (unpaired) electrons. The smallest absolute Gasteiger partial charge is 0.244 e. The van der Waals surface area contributed by atoms with Crippen LogP contribution in [0.1, 0.15) is 0 Å². The van der Waals surface area contributed by atoms with Crippen LogP contribution in [0.3, 0.4) is 0 Å². The summed E-state index contributed by atoms with van der Waals surface area (Å²) in [4.78, 5) is 12.2. The topological polar surface area (TPSA) is 84.9 Å². The lowest BCUT2D eigenvalue weighted by atomic mass is 10.2. The molecule has 0 aliphatic heterocycles. The first kappa shape index (κ1) is 22.6. The molecule has 1 N–H and O–H groups in total. The van der Waals surface area contributed by atoms with Crippen molar-refractivity contribution >= 4 is 56.4 Å². The zero-order valence-corrected chi connectivity index (χ0v) is 18.2. The van der Waals surface area contributed by atoms with Gasteiger partial charge in [0.1, 0.15) is 16.4 Å². The van der Waals surface area contributed by atoms with E-state index in [1.54, 1.807) is 0 Å². The highest BCUT2D eigenvalue weighted by atomic mass is 35.5. The number of amides is 1. The van der Waals surface area contributed by atoms with Crippen molar-refractivity contribution in [1.29, 1.82) is 0 Å². The van der Waals surface area contributed by atoms with Crippen molar-refractivity contribution in [2.45, 2.75) is 4.90 Å². The first-order valence-electron chi connectivity index (χ1n) is 7.73. The summed E-state index contributed by atoms with van der Waals surface area (Å²) in [7, 11) is 0.0533. The number of anilines is 1. The van der Waals surface area contributed by atoms with Crippen LogP contribution in [0.4, 0.5) is 5.69 Å². The van der Waals surface area contributed by atoms with E-state index in [0.717, 1.165) is 4.31 Å². The van der Waals surface area contributed by atoms with E-state index < -0.39 is 22.5 Å². The summed E-state index contributed by atoms with van der Waals surface area (Å²) in [5.41, 5.74) is 0.278. The van der Waals surface area contributed by atoms with E-state index in [2.05, 4.69) is 5.32 Å². The van der Waals surface area contributed by atoms with E-state index in [0.29, 0.717) is 16.5 Å². The third-order valence-corrected chi connectivity index (χ3v) is 6.51. The van der Waals surface area contributed by atoms with E-state index in [9.17, 15) is 13.2 Å². The van der Waals surface area contributed by atoms with Crippen molar-refractivity contribution in [2.75, 3.05) is 33.1 Å². The maximum Gasteiger partial charge on any atom is 0.244 e. The summed E-state index contributed by atoms with van der Waals surface area (Å²) in [6, 6.07) is 7.01. The molecule has 2 aromatic rings. The van der Waals surface area contributed by atoms with Gasteiger partial charge in [-0.05, 0) is 18.2 Å². The van der Waals surface area contributed by atoms with Crippen molar-refractivity contribution in [1.82, 2.24) is 4.31 Å². The standard InChI is InChI=1S/C17H17Cl3N2O5S/c1-22(28(24,25)16-6-10(18)4-5-11(16)19)9-17(23)21-13-8-14(26-2)12(20)7-15(13)27-3/h4-8H,9H2,1-3H3,(H,21,23). The third-order valence-electron chi connectivity index (χ3n) is 3.70. The summed E-state index contributed by atoms with van der Waals surface area (Å²) in [5, 5.41) is 3.08. The van der Waals surface area contributed by atoms with Gasteiger partial charge in [0, 0.05) is 24.2 Å². The molecule has 11 heteroatoms. The molecule has 0 aliphatic carbocycles. The molecule has 28 heavy (non-hydrogen) atoms. The van der Waals surface area contributed by atoms with Crippen LogP contribution < -0.4 is 14.8 Å². The van der Waals surface area contributed by atoms with Crippen molar-refractivity contribution in [3.8, 4) is 11.5 Å². The number of nitrogens with zero attached hydrogens (tertiary/aromatic N) is 1. The van der Waals surface area contributed by atoms with Gasteiger partial charge < -0.3 is 14.8 Å². The fourth-order valence-electron chi connectivity index (χ4n) is 2.28. The van der Waals surface area contributed by atoms with Gasteiger partial charge in [0.05, 0.1) is 36.5 Å². The van der Waals surface area contributed by atoms with Crippen LogP contribution >= 0.6 is 34.8 Å². The van der Waals surface area contributed by atoms with Gasteiger partial charge in [0.15, 0.2) is 0 Å². The average molecular weight is 468 g/mol. The minimum absolute atomic E-state index is 0.000708. The molecule has 0 aliphatic rings. The van der Waals surface area contributed by atoms with Crippen LogP contribution in [0.15, 0.2) is 35.2 Å². The van der Waals surface area contributed by atoms with E-state index >= 15 is 0 Å². The number of methoxy groups -OCH3 is 2. The molecule has 0 bridgehead atoms. The highest BCUT2D eigenvalue weighted by molar-refractivity contribution is 7.89. The molecule has 0 atom stereocenters. The summed E-state index contributed by atoms with van der Waals surface area (Å²) in [5.74, 6) is 0.0129. The monoisotopic (exact) mass is 466 g/mol. The number of likely N-dealkylation sites (N-methyl/N-ethyl adjacent to an activating group) is 1. The first-order chi connectivity index (χ1) is 13.1. The van der Waals surface area contributed by atoms with Gasteiger partial charge >= 0.3 is 0 Å². The van der Waals surface area contributed by atoms with Gasteiger partial charge in [-0.2, -0.15) is 4.31 Å². The fourth-order valence-corrected chi connectivity index (χ4v) is 4.37. The van der Waals surface area contributed by atoms with Crippen molar-refractivity contribution in [3.05, 3.63) is 45.4 Å². The highest BCUT2D eigenvalue weighted by Crippen LogP contribution is 2.36. The van der Waals surface area contributed by atoms with Crippen LogP contribution in [0.2, 0.25) is 15.1 Å². The molecule has 152 valence electrons. The molecular weight excluding hydrogens is 451 g/mol. The van der Waals surface area contributed by atoms with E-state index in [1.165, 1.54) is 51.6 Å². The van der Waals surface area contributed by atoms with Crippen LogP contribution in [0.25, 0.3) is 0 Å². The summed E-state index contributed by atoms with van der Waals surface area (Å²) in [6.45, 7) is -0.473. The van der Waals surface area contributed by atoms with Gasteiger partial charge in [-0.3, -0.25) is 4.79 Å². The highest BCUT2D eigenvalue weighted by Gasteiger charge is 2.26. The Morgan fingerprint density at radius 2 is 1.68 bits per heavy atom. The van der Waals surface area contributed by atoms with E-state index in [4.69, 9.17) is 44.3 Å². The maximum absolute atomic E-state index is 12.7. The molecule has 0 heterocycles. The Labute approximate surface area is 178 Å². The number of halogens is 3. The Kier molecular flexibility index (Phi) is 7.41. The lowest BCUT2D eigenvalue weighted by molar-refractivity contribution is -0.116. The lowest BCUT2D eigenvalue weighted by Crippen LogP contribution is -2.35. The fraction of sp³-hybridized carbons (Fsp3) is 0.235. The Balaban J connectivity index is 2.22. The second-order valence-electron chi connectivity index (χ2n) is 5.57. The van der Waals surface area contributed by atoms with Gasteiger partial charge in [0.2, 0.25) is 15.9 Å². The van der Waals surface area contributed by atoms with E-state index in [1.807, 2.05) is 0 Å². The lowest BCUT2D eigenvalue weighted by Gasteiger charge is -2.19. The zero-order chi connectivity index (χ0) is 21.1. The van der Waals surface area contributed by atoms with Gasteiger partial charge in [-0.25, -0.2) is 8.42 Å². The molecule has 1 amide bonds. The van der Waals surface area contributed by atoms with Crippen LogP contribution in [0, 0.1) is 0 Å². The molecule has 0 spiro atoms. The predicted octanol–water partition coefficient (Wildman–Crippen LogP) is 3.92. The molecule has 0 saturated carbocycles. The number of rotatable bonds is 7. The van der Waals surface area contributed by atoms with Crippen molar-refractivity contribution < 1.29 is 22.7 Å². The van der Waals surface area contributed by atoms with Gasteiger partial charge in [-0.15, -0.1) is 0 Å². The number of nitrogens with one attached hydrogen (secondary N) is 1. The number of hydrogen-bond donors (Lipinski definition) is 1. The second kappa shape index (κ2) is 9.19. The Bertz CT molecular complexity index is 999. The van der Waals surface area contributed by atoms with Gasteiger partial charge in [0.25, 0.3) is 0 Å². The Morgan fingerprint density at radius 3 is 2.29 bits per heavy atom. The molecule has 2 aromatic carbocycles. The predicted molar refractivity (Wildman–Crippen MR) is 109 cm³/mol. The second-order valence-corrected chi connectivity index (χ2v) is 8.84. The zero-order valence-electron chi connectivity index (χ0n) is 15.1. The summed E-state index contributed by atoms with van der Waals surface area (Å²) < 4.78 is 36.6. The number of benzene rings is 2. The minimum atomic E-state index is -4.04. The molecule has 0 unspecified atom stereocenters. The Morgan fingerprint density at radius 1 is 1.04 bits per heavy atom. The number of ether oxygens (including phenoxy) is 2. The normalized spacial score (nSPS) is 11.4. The van der Waals surface area contributed by atoms with E-state index in [-0.39, 0.29) is 20.6 Å². The van der Waals surface area contributed by atoms with Crippen LogP contribution in [-0.4, -0.2) is 46.4 Å². The average Bonchev–Trinajstić information content (AvgIpc) is 2.64. The number of carbonyl (C=O) groups is 1. The van der Waals surface area contributed by atoms with Gasteiger partial charge in [-0.1, -0.05) is 34.8 Å². The van der Waals surface area contributed by atoms with Crippen molar-refractivity contribution in [2.24, 2.45) is 0 Å². The summed E-state index contributed by atoms with van der Waals surface area (Å²) >= 11 is 17.9. The number of sulfonamides is 1. The maximum atomic E-state index is 12.7. The Hall–Kier alpha value is -1.71. The molecule has 0 saturated heterocycles. The van der Waals surface area contributed by atoms with Crippen LogP contribution in [0.5, 0.6) is 11.5 Å². The third kappa shape index (κ3) is 5.01.